The molecule has 3 atom stereocenters. The lowest BCUT2D eigenvalue weighted by atomic mass is 9.96. The van der Waals surface area contributed by atoms with E-state index in [0.717, 1.165) is 49.9 Å². The molecule has 10 nitrogen and oxygen atoms in total. The van der Waals surface area contributed by atoms with Gasteiger partial charge in [0.25, 0.3) is 5.91 Å². The molecular formula is C31H40F3N5O5. The van der Waals surface area contributed by atoms with E-state index in [4.69, 9.17) is 4.74 Å². The fourth-order valence-corrected chi connectivity index (χ4v) is 5.44. The van der Waals surface area contributed by atoms with E-state index in [1.807, 2.05) is 6.92 Å². The van der Waals surface area contributed by atoms with Crippen molar-refractivity contribution in [1.82, 2.24) is 15.1 Å². The van der Waals surface area contributed by atoms with Gasteiger partial charge >= 0.3 is 18.2 Å². The lowest BCUT2D eigenvalue weighted by molar-refractivity contribution is -0.137. The van der Waals surface area contributed by atoms with E-state index < -0.39 is 35.8 Å². The number of alkyl halides is 3. The molecule has 240 valence electrons. The number of rotatable bonds is 7. The maximum Gasteiger partial charge on any atom is 0.416 e. The van der Waals surface area contributed by atoms with Crippen LogP contribution in [0.3, 0.4) is 0 Å². The third kappa shape index (κ3) is 8.34. The van der Waals surface area contributed by atoms with Crippen molar-refractivity contribution in [1.29, 1.82) is 0 Å². The van der Waals surface area contributed by atoms with Gasteiger partial charge in [0.15, 0.2) is 0 Å². The van der Waals surface area contributed by atoms with Crippen LogP contribution >= 0.6 is 0 Å². The molecule has 0 radical (unpaired) electrons. The normalized spacial score (nSPS) is 20.0. The molecule has 1 fully saturated rings. The maximum absolute atomic E-state index is 13.7. The molecule has 1 aliphatic carbocycles. The summed E-state index contributed by atoms with van der Waals surface area (Å²) in [6.45, 7) is 3.90. The Hall–Kier alpha value is -4.00. The molecule has 0 saturated heterocycles. The molecule has 2 aromatic rings. The van der Waals surface area contributed by atoms with Crippen LogP contribution in [0.2, 0.25) is 0 Å². The summed E-state index contributed by atoms with van der Waals surface area (Å²) >= 11 is 0. The van der Waals surface area contributed by atoms with Crippen LogP contribution in [0.1, 0.15) is 61.9 Å². The van der Waals surface area contributed by atoms with Crippen molar-refractivity contribution in [3.63, 3.8) is 0 Å². The predicted molar refractivity (Wildman–Crippen MR) is 160 cm³/mol. The number of aliphatic hydroxyl groups excluding tert-OH is 1. The second-order valence-corrected chi connectivity index (χ2v) is 11.7. The average Bonchev–Trinajstić information content (AvgIpc) is 2.99. The number of urea groups is 2. The SMILES string of the molecule is C[C@H]1CN([C@@H](C)CO)C(=O)c2cc(NC(=O)Nc3ccc(C(F)(F)F)cc3)ccc2O[C@H]1CN(C)C(=O)NC1CCCCC1. The molecule has 4 rings (SSSR count). The molecule has 4 N–H and O–H groups in total. The highest BCUT2D eigenvalue weighted by Gasteiger charge is 2.34. The van der Waals surface area contributed by atoms with Gasteiger partial charge in [0.2, 0.25) is 0 Å². The van der Waals surface area contributed by atoms with Gasteiger partial charge in [-0.15, -0.1) is 0 Å². The molecule has 0 spiro atoms. The number of fused-ring (bicyclic) bond motifs is 1. The zero-order valence-electron chi connectivity index (χ0n) is 25.1. The van der Waals surface area contributed by atoms with E-state index in [2.05, 4.69) is 16.0 Å². The lowest BCUT2D eigenvalue weighted by Crippen LogP contribution is -2.52. The molecule has 1 aliphatic heterocycles. The number of halogens is 3. The highest BCUT2D eigenvalue weighted by Crippen LogP contribution is 2.32. The molecule has 0 aromatic heterocycles. The van der Waals surface area contributed by atoms with Crippen LogP contribution in [-0.2, 0) is 6.18 Å². The number of nitrogens with zero attached hydrogens (tertiary/aromatic N) is 2. The number of hydrogen-bond acceptors (Lipinski definition) is 5. The van der Waals surface area contributed by atoms with Crippen LogP contribution in [-0.4, -0.2) is 77.8 Å². The largest absolute Gasteiger partial charge is 0.487 e. The summed E-state index contributed by atoms with van der Waals surface area (Å²) in [4.78, 5) is 42.4. The summed E-state index contributed by atoms with van der Waals surface area (Å²) in [5.41, 5.74) is -0.286. The van der Waals surface area contributed by atoms with Gasteiger partial charge in [-0.2, -0.15) is 13.2 Å². The fraction of sp³-hybridized carbons (Fsp3) is 0.516. The lowest BCUT2D eigenvalue weighted by Gasteiger charge is -2.38. The van der Waals surface area contributed by atoms with Crippen molar-refractivity contribution in [3.05, 3.63) is 53.6 Å². The van der Waals surface area contributed by atoms with Gasteiger partial charge in [-0.25, -0.2) is 9.59 Å². The summed E-state index contributed by atoms with van der Waals surface area (Å²) in [5, 5.41) is 18.1. The number of benzene rings is 2. The van der Waals surface area contributed by atoms with Crippen molar-refractivity contribution in [2.75, 3.05) is 37.4 Å². The van der Waals surface area contributed by atoms with E-state index in [9.17, 15) is 32.7 Å². The van der Waals surface area contributed by atoms with E-state index >= 15 is 0 Å². The Morgan fingerprint density at radius 3 is 2.34 bits per heavy atom. The zero-order chi connectivity index (χ0) is 32.0. The number of anilines is 2. The van der Waals surface area contributed by atoms with Crippen LogP contribution in [0.15, 0.2) is 42.5 Å². The molecule has 13 heteroatoms. The van der Waals surface area contributed by atoms with Crippen molar-refractivity contribution in [3.8, 4) is 5.75 Å². The van der Waals surface area contributed by atoms with E-state index in [1.165, 1.54) is 12.5 Å². The highest BCUT2D eigenvalue weighted by atomic mass is 19.4. The molecule has 0 unspecified atom stereocenters. The minimum atomic E-state index is -4.49. The Kier molecular flexibility index (Phi) is 10.6. The van der Waals surface area contributed by atoms with Gasteiger partial charge in [0, 0.05) is 36.9 Å². The summed E-state index contributed by atoms with van der Waals surface area (Å²) in [6.07, 6.45) is 0.293. The Morgan fingerprint density at radius 2 is 1.70 bits per heavy atom. The highest BCUT2D eigenvalue weighted by molar-refractivity contribution is 6.02. The monoisotopic (exact) mass is 619 g/mol. The topological polar surface area (TPSA) is 123 Å². The number of carbonyl (C=O) groups is 3. The maximum atomic E-state index is 13.7. The van der Waals surface area contributed by atoms with Gasteiger partial charge in [0.05, 0.1) is 30.3 Å². The summed E-state index contributed by atoms with van der Waals surface area (Å²) in [7, 11) is 1.70. The minimum absolute atomic E-state index is 0.149. The van der Waals surface area contributed by atoms with E-state index in [0.29, 0.717) is 0 Å². The molecule has 5 amide bonds. The first kappa shape index (κ1) is 32.9. The number of aliphatic hydroxyl groups is 1. The molecule has 0 bridgehead atoms. The smallest absolute Gasteiger partial charge is 0.416 e. The van der Waals surface area contributed by atoms with Gasteiger partial charge in [-0.3, -0.25) is 4.79 Å². The second-order valence-electron chi connectivity index (χ2n) is 11.7. The quantitative estimate of drug-likeness (QED) is 0.324. The average molecular weight is 620 g/mol. The van der Waals surface area contributed by atoms with Crippen molar-refractivity contribution in [2.45, 2.75) is 70.3 Å². The Balaban J connectivity index is 1.51. The number of likely N-dealkylation sites (N-methyl/N-ethyl adjacent to an activating group) is 1. The second kappa shape index (κ2) is 14.2. The van der Waals surface area contributed by atoms with Crippen LogP contribution in [0, 0.1) is 5.92 Å². The van der Waals surface area contributed by atoms with Gasteiger partial charge < -0.3 is 35.6 Å². The summed E-state index contributed by atoms with van der Waals surface area (Å²) in [6, 6.07) is 7.28. The van der Waals surface area contributed by atoms with E-state index in [1.54, 1.807) is 35.9 Å². The van der Waals surface area contributed by atoms with Crippen LogP contribution in [0.5, 0.6) is 5.75 Å². The van der Waals surface area contributed by atoms with Gasteiger partial charge in [-0.1, -0.05) is 26.2 Å². The third-order valence-corrected chi connectivity index (χ3v) is 8.13. The first-order valence-electron chi connectivity index (χ1n) is 14.8. The van der Waals surface area contributed by atoms with Crippen molar-refractivity contribution < 1.29 is 37.4 Å². The number of hydrogen-bond donors (Lipinski definition) is 4. The summed E-state index contributed by atoms with van der Waals surface area (Å²) in [5.74, 6) is -0.336. The third-order valence-electron chi connectivity index (χ3n) is 8.13. The molecular weight excluding hydrogens is 579 g/mol. The van der Waals surface area contributed by atoms with E-state index in [-0.39, 0.29) is 60.4 Å². The first-order valence-corrected chi connectivity index (χ1v) is 14.8. The first-order chi connectivity index (χ1) is 20.8. The Labute approximate surface area is 254 Å². The minimum Gasteiger partial charge on any atom is -0.487 e. The Morgan fingerprint density at radius 1 is 1.07 bits per heavy atom. The molecule has 2 aromatic carbocycles. The number of carbonyl (C=O) groups excluding carboxylic acids is 3. The van der Waals surface area contributed by atoms with Gasteiger partial charge in [-0.05, 0) is 62.2 Å². The van der Waals surface area contributed by atoms with Crippen LogP contribution in [0.4, 0.5) is 34.1 Å². The van der Waals surface area contributed by atoms with Crippen molar-refractivity contribution >= 4 is 29.3 Å². The number of nitrogens with one attached hydrogen (secondary N) is 3. The zero-order valence-corrected chi connectivity index (χ0v) is 25.1. The molecule has 1 heterocycles. The fourth-order valence-electron chi connectivity index (χ4n) is 5.44. The summed E-state index contributed by atoms with van der Waals surface area (Å²) < 4.78 is 44.9. The molecule has 1 saturated carbocycles. The predicted octanol–water partition coefficient (Wildman–Crippen LogP) is 5.54. The molecule has 44 heavy (non-hydrogen) atoms. The van der Waals surface area contributed by atoms with Gasteiger partial charge in [0.1, 0.15) is 11.9 Å². The number of amides is 5. The van der Waals surface area contributed by atoms with Crippen molar-refractivity contribution in [2.24, 2.45) is 5.92 Å². The molecule has 2 aliphatic rings. The van der Waals surface area contributed by atoms with Crippen LogP contribution in [0.25, 0.3) is 0 Å². The van der Waals surface area contributed by atoms with Crippen LogP contribution < -0.4 is 20.7 Å². The number of ether oxygens (including phenoxy) is 1. The standard InChI is InChI=1S/C31H40F3N5O5/c1-19-16-39(20(2)18-40)28(41)25-15-24(36-29(42)35-23-11-9-21(10-12-23)31(32,33)34)13-14-26(25)44-27(19)17-38(3)30(43)37-22-7-5-4-6-8-22/h9-15,19-20,22,27,40H,4-8,16-18H2,1-3H3,(H,37,43)(H2,35,36,42)/t19-,20-,27-/m0/s1. The Bertz CT molecular complexity index is 1320.